The van der Waals surface area contributed by atoms with E-state index in [-0.39, 0.29) is 24.8 Å². The van der Waals surface area contributed by atoms with Crippen LogP contribution in [-0.4, -0.2) is 41.9 Å². The first-order chi connectivity index (χ1) is 9.80. The largest absolute Gasteiger partial charge is 0.395 e. The Morgan fingerprint density at radius 2 is 2.19 bits per heavy atom. The molecule has 1 saturated heterocycles. The van der Waals surface area contributed by atoms with Crippen LogP contribution >= 0.6 is 0 Å². The summed E-state index contributed by atoms with van der Waals surface area (Å²) >= 11 is 0. The predicted molar refractivity (Wildman–Crippen MR) is 76.1 cm³/mol. The number of aliphatic hydroxyl groups excluding tert-OH is 1. The predicted octanol–water partition coefficient (Wildman–Crippen LogP) is 0.568. The molecule has 2 rings (SSSR count). The van der Waals surface area contributed by atoms with Crippen LogP contribution < -0.4 is 5.73 Å². The third-order valence-electron chi connectivity index (χ3n) is 3.82. The molecule has 0 aliphatic carbocycles. The number of nitro benzene ring substituents is 1. The van der Waals surface area contributed by atoms with Crippen LogP contribution in [0, 0.1) is 16.0 Å². The van der Waals surface area contributed by atoms with Gasteiger partial charge in [-0.1, -0.05) is 13.0 Å². The van der Waals surface area contributed by atoms with Crippen molar-refractivity contribution in [2.75, 3.05) is 18.9 Å². The summed E-state index contributed by atoms with van der Waals surface area (Å²) in [6, 6.07) is 3.24. The average molecular weight is 315 g/mol. The first-order valence-corrected chi connectivity index (χ1v) is 7.90. The highest BCUT2D eigenvalue weighted by atomic mass is 32.2. The average Bonchev–Trinajstić information content (AvgIpc) is 2.79. The number of nitro groups is 1. The van der Waals surface area contributed by atoms with Crippen LogP contribution in [0.5, 0.6) is 0 Å². The minimum atomic E-state index is -4.08. The molecule has 2 atom stereocenters. The van der Waals surface area contributed by atoms with Crippen LogP contribution in [0.4, 0.5) is 11.4 Å². The monoisotopic (exact) mass is 315 g/mol. The second kappa shape index (κ2) is 5.58. The fourth-order valence-electron chi connectivity index (χ4n) is 2.61. The van der Waals surface area contributed by atoms with E-state index >= 15 is 0 Å². The van der Waals surface area contributed by atoms with E-state index in [0.717, 1.165) is 4.31 Å². The molecule has 8 nitrogen and oxygen atoms in total. The van der Waals surface area contributed by atoms with E-state index in [2.05, 4.69) is 0 Å². The Balaban J connectivity index is 2.56. The molecular formula is C12H17N3O5S. The number of hydrogen-bond donors (Lipinski definition) is 2. The SMILES string of the molecule is CC1CCN(S(=O)(=O)c2cccc(N)c2[N+](=O)[O-])C1CO. The molecule has 9 heteroatoms. The Morgan fingerprint density at radius 3 is 2.76 bits per heavy atom. The van der Waals surface area contributed by atoms with Gasteiger partial charge in [0.25, 0.3) is 0 Å². The molecule has 0 aromatic heterocycles. The molecule has 0 radical (unpaired) electrons. The van der Waals surface area contributed by atoms with Gasteiger partial charge in [0.1, 0.15) is 5.69 Å². The van der Waals surface area contributed by atoms with E-state index in [1.165, 1.54) is 18.2 Å². The Kier molecular flexibility index (Phi) is 4.17. The molecule has 0 bridgehead atoms. The standard InChI is InChI=1S/C12H17N3O5S/c1-8-5-6-14(10(8)7-16)21(19,20)11-4-2-3-9(13)12(11)15(17)18/h2-4,8,10,16H,5-7,13H2,1H3. The van der Waals surface area contributed by atoms with Crippen molar-refractivity contribution in [2.24, 2.45) is 5.92 Å². The van der Waals surface area contributed by atoms with Crippen molar-refractivity contribution in [3.63, 3.8) is 0 Å². The van der Waals surface area contributed by atoms with E-state index in [4.69, 9.17) is 5.73 Å². The van der Waals surface area contributed by atoms with E-state index in [0.29, 0.717) is 6.42 Å². The van der Waals surface area contributed by atoms with Gasteiger partial charge in [-0.3, -0.25) is 10.1 Å². The van der Waals surface area contributed by atoms with Gasteiger partial charge in [-0.05, 0) is 24.5 Å². The molecule has 21 heavy (non-hydrogen) atoms. The number of nitrogens with two attached hydrogens (primary N) is 1. The summed E-state index contributed by atoms with van der Waals surface area (Å²) in [6.07, 6.45) is 0.598. The fourth-order valence-corrected chi connectivity index (χ4v) is 4.53. The second-order valence-electron chi connectivity index (χ2n) is 5.08. The lowest BCUT2D eigenvalue weighted by molar-refractivity contribution is -0.386. The topological polar surface area (TPSA) is 127 Å². The molecule has 1 aliphatic heterocycles. The highest BCUT2D eigenvalue weighted by Gasteiger charge is 2.42. The third kappa shape index (κ3) is 2.59. The lowest BCUT2D eigenvalue weighted by Gasteiger charge is -2.24. The minimum absolute atomic E-state index is 0.00936. The number of rotatable bonds is 4. The van der Waals surface area contributed by atoms with Gasteiger partial charge in [0.2, 0.25) is 10.0 Å². The number of anilines is 1. The summed E-state index contributed by atoms with van der Waals surface area (Å²) in [5, 5.41) is 20.5. The highest BCUT2D eigenvalue weighted by Crippen LogP contribution is 2.36. The van der Waals surface area contributed by atoms with Gasteiger partial charge in [0.15, 0.2) is 4.90 Å². The van der Waals surface area contributed by atoms with Crippen molar-refractivity contribution in [3.8, 4) is 0 Å². The van der Waals surface area contributed by atoms with Crippen molar-refractivity contribution in [2.45, 2.75) is 24.3 Å². The van der Waals surface area contributed by atoms with E-state index < -0.39 is 31.6 Å². The normalized spacial score (nSPS) is 23.3. The van der Waals surface area contributed by atoms with Gasteiger partial charge < -0.3 is 10.8 Å². The van der Waals surface area contributed by atoms with Gasteiger partial charge in [0, 0.05) is 6.54 Å². The zero-order valence-electron chi connectivity index (χ0n) is 11.5. The van der Waals surface area contributed by atoms with Gasteiger partial charge in [-0.25, -0.2) is 8.42 Å². The van der Waals surface area contributed by atoms with Crippen molar-refractivity contribution < 1.29 is 18.4 Å². The Labute approximate surface area is 122 Å². The summed E-state index contributed by atoms with van der Waals surface area (Å²) in [4.78, 5) is 9.89. The molecule has 1 aromatic rings. The van der Waals surface area contributed by atoms with Crippen molar-refractivity contribution >= 4 is 21.4 Å². The summed E-state index contributed by atoms with van der Waals surface area (Å²) in [6.45, 7) is 1.74. The minimum Gasteiger partial charge on any atom is -0.395 e. The molecule has 1 fully saturated rings. The summed E-state index contributed by atoms with van der Waals surface area (Å²) in [7, 11) is -4.08. The molecule has 116 valence electrons. The lowest BCUT2D eigenvalue weighted by atomic mass is 10.0. The van der Waals surface area contributed by atoms with E-state index in [1.807, 2.05) is 6.92 Å². The summed E-state index contributed by atoms with van der Waals surface area (Å²) in [5.74, 6) is -0.00936. The van der Waals surface area contributed by atoms with Crippen LogP contribution in [0.2, 0.25) is 0 Å². The molecule has 0 saturated carbocycles. The third-order valence-corrected chi connectivity index (χ3v) is 5.77. The van der Waals surface area contributed by atoms with Gasteiger partial charge in [-0.15, -0.1) is 0 Å². The maximum atomic E-state index is 12.7. The van der Waals surface area contributed by atoms with Crippen molar-refractivity contribution in [3.05, 3.63) is 28.3 Å². The Bertz CT molecular complexity index is 661. The Morgan fingerprint density at radius 1 is 1.52 bits per heavy atom. The molecule has 1 heterocycles. The maximum absolute atomic E-state index is 12.7. The van der Waals surface area contributed by atoms with E-state index in [9.17, 15) is 23.6 Å². The number of nitrogens with zero attached hydrogens (tertiary/aromatic N) is 2. The number of sulfonamides is 1. The fraction of sp³-hybridized carbons (Fsp3) is 0.500. The maximum Gasteiger partial charge on any atom is 0.312 e. The molecule has 2 unspecified atom stereocenters. The number of nitrogen functional groups attached to an aromatic ring is 1. The molecular weight excluding hydrogens is 298 g/mol. The highest BCUT2D eigenvalue weighted by molar-refractivity contribution is 7.89. The lowest BCUT2D eigenvalue weighted by Crippen LogP contribution is -2.40. The quantitative estimate of drug-likeness (QED) is 0.475. The summed E-state index contributed by atoms with van der Waals surface area (Å²) < 4.78 is 26.5. The molecule has 0 amide bonds. The zero-order chi connectivity index (χ0) is 15.8. The van der Waals surface area contributed by atoms with Gasteiger partial charge in [0.05, 0.1) is 17.6 Å². The number of para-hydroxylation sites is 1. The molecule has 3 N–H and O–H groups in total. The van der Waals surface area contributed by atoms with Crippen molar-refractivity contribution in [1.29, 1.82) is 0 Å². The molecule has 1 aliphatic rings. The summed E-state index contributed by atoms with van der Waals surface area (Å²) in [5.41, 5.74) is 4.72. The second-order valence-corrected chi connectivity index (χ2v) is 6.94. The number of benzene rings is 1. The van der Waals surface area contributed by atoms with E-state index in [1.54, 1.807) is 0 Å². The van der Waals surface area contributed by atoms with Crippen molar-refractivity contribution in [1.82, 2.24) is 4.31 Å². The van der Waals surface area contributed by atoms with Crippen LogP contribution in [0.25, 0.3) is 0 Å². The Hall–Kier alpha value is -1.71. The van der Waals surface area contributed by atoms with Gasteiger partial charge >= 0.3 is 5.69 Å². The number of hydrogen-bond acceptors (Lipinski definition) is 6. The zero-order valence-corrected chi connectivity index (χ0v) is 12.3. The van der Waals surface area contributed by atoms with Crippen LogP contribution in [0.15, 0.2) is 23.1 Å². The van der Waals surface area contributed by atoms with Crippen LogP contribution in [-0.2, 0) is 10.0 Å². The van der Waals surface area contributed by atoms with Gasteiger partial charge in [-0.2, -0.15) is 4.31 Å². The molecule has 1 aromatic carbocycles. The first kappa shape index (κ1) is 15.7. The van der Waals surface area contributed by atoms with Crippen LogP contribution in [0.1, 0.15) is 13.3 Å². The number of aliphatic hydroxyl groups is 1. The first-order valence-electron chi connectivity index (χ1n) is 6.46. The van der Waals surface area contributed by atoms with Crippen LogP contribution in [0.3, 0.4) is 0 Å². The molecule has 0 spiro atoms. The smallest absolute Gasteiger partial charge is 0.312 e.